The van der Waals surface area contributed by atoms with E-state index >= 15 is 0 Å². The fraction of sp³-hybridized carbons (Fsp3) is 0.292. The monoisotopic (exact) mass is 500 g/mol. The molecule has 0 N–H and O–H groups in total. The predicted octanol–water partition coefficient (Wildman–Crippen LogP) is 4.64. The van der Waals surface area contributed by atoms with Gasteiger partial charge in [0.05, 0.1) is 18.9 Å². The highest BCUT2D eigenvalue weighted by atomic mass is 35.5. The maximum atomic E-state index is 13.6. The molecule has 2 aliphatic rings. The number of rotatable bonds is 5. The molecule has 9 heteroatoms. The van der Waals surface area contributed by atoms with Crippen molar-refractivity contribution in [3.05, 3.63) is 81.1 Å². The minimum absolute atomic E-state index is 0.0118. The van der Waals surface area contributed by atoms with Gasteiger partial charge in [-0.3, -0.25) is 13.9 Å². The van der Waals surface area contributed by atoms with Gasteiger partial charge in [-0.2, -0.15) is 11.3 Å². The Morgan fingerprint density at radius 1 is 1.18 bits per heavy atom. The minimum atomic E-state index is -1.17. The van der Waals surface area contributed by atoms with E-state index in [1.165, 1.54) is 15.6 Å². The SMILES string of the molecule is O=C1CC(c2ccsc2)(c2cccc(OC3CCOC3)n2)N(S)C(=O)C1c1ccccc1Cl. The first kappa shape index (κ1) is 22.4. The van der Waals surface area contributed by atoms with Crippen molar-refractivity contribution >= 4 is 47.4 Å². The first-order chi connectivity index (χ1) is 16.0. The van der Waals surface area contributed by atoms with E-state index in [0.717, 1.165) is 12.0 Å². The summed E-state index contributed by atoms with van der Waals surface area (Å²) in [5.74, 6) is -1.27. The van der Waals surface area contributed by atoms with Crippen LogP contribution in [0.15, 0.2) is 59.3 Å². The summed E-state index contributed by atoms with van der Waals surface area (Å²) >= 11 is 12.5. The van der Waals surface area contributed by atoms with Crippen molar-refractivity contribution in [2.45, 2.75) is 30.4 Å². The predicted molar refractivity (Wildman–Crippen MR) is 129 cm³/mol. The number of halogens is 1. The summed E-state index contributed by atoms with van der Waals surface area (Å²) in [6, 6.07) is 14.2. The fourth-order valence-electron chi connectivity index (χ4n) is 4.45. The molecule has 0 bridgehead atoms. The normalized spacial score (nSPS) is 25.5. The van der Waals surface area contributed by atoms with Gasteiger partial charge in [0.25, 0.3) is 0 Å². The molecule has 6 nitrogen and oxygen atoms in total. The Hall–Kier alpha value is -2.39. The lowest BCUT2D eigenvalue weighted by Gasteiger charge is -2.45. The summed E-state index contributed by atoms with van der Waals surface area (Å²) in [6.07, 6.45) is 0.727. The van der Waals surface area contributed by atoms with Gasteiger partial charge in [-0.05, 0) is 40.1 Å². The van der Waals surface area contributed by atoms with E-state index in [4.69, 9.17) is 26.1 Å². The van der Waals surface area contributed by atoms with Gasteiger partial charge in [0.15, 0.2) is 5.78 Å². The van der Waals surface area contributed by atoms with Crippen molar-refractivity contribution in [2.75, 3.05) is 13.2 Å². The second-order valence-electron chi connectivity index (χ2n) is 8.08. The summed E-state index contributed by atoms with van der Waals surface area (Å²) < 4.78 is 12.7. The third-order valence-corrected chi connectivity index (χ3v) is 7.67. The topological polar surface area (TPSA) is 68.7 Å². The number of thiophene rings is 1. The number of aromatic nitrogens is 1. The van der Waals surface area contributed by atoms with Crippen molar-refractivity contribution in [3.63, 3.8) is 0 Å². The van der Waals surface area contributed by atoms with Crippen LogP contribution in [0.25, 0.3) is 0 Å². The standard InChI is InChI=1S/C24H21ClN2O4S2/c25-18-5-2-1-4-17(18)22-19(28)12-24(27(32)23(22)29,15-9-11-33-14-15)20-6-3-7-21(26-20)31-16-8-10-30-13-16/h1-7,9,11,14,16,22,32H,8,10,12-13H2. The van der Waals surface area contributed by atoms with E-state index in [2.05, 4.69) is 12.8 Å². The van der Waals surface area contributed by atoms with E-state index in [9.17, 15) is 9.59 Å². The molecular formula is C24H21ClN2O4S2. The summed E-state index contributed by atoms with van der Waals surface area (Å²) in [5.41, 5.74) is 0.612. The Balaban J connectivity index is 1.58. The highest BCUT2D eigenvalue weighted by Gasteiger charge is 2.53. The first-order valence-electron chi connectivity index (χ1n) is 10.6. The van der Waals surface area contributed by atoms with Crippen LogP contribution in [0, 0.1) is 0 Å². The van der Waals surface area contributed by atoms with Gasteiger partial charge in [-0.25, -0.2) is 4.98 Å². The van der Waals surface area contributed by atoms with Crippen LogP contribution in [0.4, 0.5) is 0 Å². The lowest BCUT2D eigenvalue weighted by atomic mass is 9.75. The Labute approximate surface area is 206 Å². The van der Waals surface area contributed by atoms with E-state index in [0.29, 0.717) is 35.4 Å². The molecule has 2 aliphatic heterocycles. The zero-order valence-corrected chi connectivity index (χ0v) is 20.0. The largest absolute Gasteiger partial charge is 0.472 e. The number of ketones is 1. The van der Waals surface area contributed by atoms with E-state index in [1.807, 2.05) is 22.9 Å². The lowest BCUT2D eigenvalue weighted by molar-refractivity contribution is -0.142. The fourth-order valence-corrected chi connectivity index (χ4v) is 5.82. The number of pyridine rings is 1. The second kappa shape index (κ2) is 9.10. The Morgan fingerprint density at radius 3 is 2.76 bits per heavy atom. The molecule has 33 heavy (non-hydrogen) atoms. The third-order valence-electron chi connectivity index (χ3n) is 6.11. The molecule has 0 saturated carbocycles. The van der Waals surface area contributed by atoms with Crippen LogP contribution >= 0.6 is 35.8 Å². The van der Waals surface area contributed by atoms with Gasteiger partial charge in [0, 0.05) is 23.9 Å². The number of carbonyl (C=O) groups excluding carboxylic acids is 2. The minimum Gasteiger partial charge on any atom is -0.472 e. The van der Waals surface area contributed by atoms with Crippen molar-refractivity contribution in [2.24, 2.45) is 0 Å². The Morgan fingerprint density at radius 2 is 2.03 bits per heavy atom. The average molecular weight is 501 g/mol. The molecule has 2 saturated heterocycles. The average Bonchev–Trinajstić information content (AvgIpc) is 3.53. The van der Waals surface area contributed by atoms with Gasteiger partial charge in [-0.15, -0.1) is 0 Å². The van der Waals surface area contributed by atoms with Crippen molar-refractivity contribution in [3.8, 4) is 5.88 Å². The van der Waals surface area contributed by atoms with Crippen LogP contribution in [0.1, 0.15) is 35.6 Å². The molecule has 2 aromatic heterocycles. The number of nitrogens with zero attached hydrogens (tertiary/aromatic N) is 2. The van der Waals surface area contributed by atoms with Gasteiger partial charge in [0.2, 0.25) is 11.8 Å². The number of ether oxygens (including phenoxy) is 2. The molecule has 3 unspecified atom stereocenters. The molecule has 0 radical (unpaired) electrons. The number of carbonyl (C=O) groups is 2. The van der Waals surface area contributed by atoms with Gasteiger partial charge in [-0.1, -0.05) is 48.7 Å². The molecule has 3 aromatic rings. The van der Waals surface area contributed by atoms with Gasteiger partial charge in [0.1, 0.15) is 17.6 Å². The van der Waals surface area contributed by atoms with E-state index < -0.39 is 17.4 Å². The maximum Gasteiger partial charge on any atom is 0.248 e. The summed E-state index contributed by atoms with van der Waals surface area (Å²) in [7, 11) is 0. The Bertz CT molecular complexity index is 1180. The molecular weight excluding hydrogens is 480 g/mol. The van der Waals surface area contributed by atoms with Crippen LogP contribution in [-0.2, 0) is 19.9 Å². The number of thiol groups is 1. The van der Waals surface area contributed by atoms with Gasteiger partial charge >= 0.3 is 0 Å². The second-order valence-corrected chi connectivity index (χ2v) is 9.67. The maximum absolute atomic E-state index is 13.6. The smallest absolute Gasteiger partial charge is 0.248 e. The zero-order chi connectivity index (χ0) is 23.0. The van der Waals surface area contributed by atoms with Crippen LogP contribution < -0.4 is 4.74 Å². The lowest BCUT2D eigenvalue weighted by Crippen LogP contribution is -2.54. The van der Waals surface area contributed by atoms with Crippen molar-refractivity contribution < 1.29 is 19.1 Å². The van der Waals surface area contributed by atoms with Gasteiger partial charge < -0.3 is 9.47 Å². The van der Waals surface area contributed by atoms with E-state index in [-0.39, 0.29) is 18.3 Å². The van der Waals surface area contributed by atoms with Crippen LogP contribution in [0.5, 0.6) is 5.88 Å². The zero-order valence-electron chi connectivity index (χ0n) is 17.5. The number of hydrogen-bond donors (Lipinski definition) is 1. The number of hydrogen-bond acceptors (Lipinski definition) is 7. The van der Waals surface area contributed by atoms with Crippen molar-refractivity contribution in [1.82, 2.24) is 9.29 Å². The molecule has 5 rings (SSSR count). The molecule has 0 aliphatic carbocycles. The molecule has 0 spiro atoms. The summed E-state index contributed by atoms with van der Waals surface area (Å²) in [4.78, 5) is 31.9. The first-order valence-corrected chi connectivity index (χ1v) is 12.3. The van der Waals surface area contributed by atoms with E-state index in [1.54, 1.807) is 36.4 Å². The molecule has 3 atom stereocenters. The van der Waals surface area contributed by atoms with Crippen LogP contribution in [0.3, 0.4) is 0 Å². The summed E-state index contributed by atoms with van der Waals surface area (Å²) in [6.45, 7) is 1.16. The summed E-state index contributed by atoms with van der Waals surface area (Å²) in [5, 5.41) is 4.20. The highest BCUT2D eigenvalue weighted by molar-refractivity contribution is 7.78. The quantitative estimate of drug-likeness (QED) is 0.408. The molecule has 4 heterocycles. The molecule has 1 aromatic carbocycles. The highest BCUT2D eigenvalue weighted by Crippen LogP contribution is 2.48. The van der Waals surface area contributed by atoms with Crippen LogP contribution in [0.2, 0.25) is 5.02 Å². The number of benzene rings is 1. The van der Waals surface area contributed by atoms with Crippen molar-refractivity contribution in [1.29, 1.82) is 0 Å². The number of piperidine rings is 1. The molecule has 2 fully saturated rings. The number of amides is 1. The molecule has 1 amide bonds. The van der Waals surface area contributed by atoms with Crippen LogP contribution in [-0.4, -0.2) is 40.3 Å². The molecule has 170 valence electrons. The Kier molecular flexibility index (Phi) is 6.18. The number of Topliss-reactive ketones (excluding diaryl/α,β-unsaturated/α-hetero) is 1. The third kappa shape index (κ3) is 3.95.